The number of esters is 1. The number of rotatable bonds is 5. The monoisotopic (exact) mass is 359 g/mol. The van der Waals surface area contributed by atoms with Crippen LogP contribution in [0.3, 0.4) is 0 Å². The predicted octanol–water partition coefficient (Wildman–Crippen LogP) is 2.94. The van der Waals surface area contributed by atoms with Crippen LogP contribution in [0.25, 0.3) is 11.0 Å². The van der Waals surface area contributed by atoms with E-state index in [1.165, 1.54) is 6.33 Å². The zero-order chi connectivity index (χ0) is 18.6. The van der Waals surface area contributed by atoms with E-state index in [0.29, 0.717) is 17.8 Å². The highest BCUT2D eigenvalue weighted by Gasteiger charge is 2.11. The van der Waals surface area contributed by atoms with E-state index in [1.54, 1.807) is 23.1 Å². The number of nitrogens with zero attached hydrogens (tertiary/aromatic N) is 5. The Morgan fingerprint density at radius 1 is 1.04 bits per heavy atom. The van der Waals surface area contributed by atoms with Crippen molar-refractivity contribution >= 4 is 17.0 Å². The average Bonchev–Trinajstić information content (AvgIpc) is 3.19. The number of ether oxygens (including phenoxy) is 1. The molecule has 0 aliphatic rings. The van der Waals surface area contributed by atoms with Gasteiger partial charge in [0.1, 0.15) is 19.3 Å². The van der Waals surface area contributed by atoms with Crippen molar-refractivity contribution in [2.45, 2.75) is 20.1 Å². The first-order chi connectivity index (χ1) is 13.2. The number of aromatic nitrogens is 5. The summed E-state index contributed by atoms with van der Waals surface area (Å²) in [5.41, 5.74) is 4.53. The van der Waals surface area contributed by atoms with Crippen LogP contribution in [0.5, 0.6) is 0 Å². The fourth-order valence-electron chi connectivity index (χ4n) is 2.73. The summed E-state index contributed by atoms with van der Waals surface area (Å²) in [5.74, 6) is -0.392. The highest BCUT2D eigenvalue weighted by Crippen LogP contribution is 2.14. The Balaban J connectivity index is 1.42. The second kappa shape index (κ2) is 7.33. The lowest BCUT2D eigenvalue weighted by atomic mass is 10.1. The molecule has 2 heterocycles. The lowest BCUT2D eigenvalue weighted by molar-refractivity contribution is 0.0467. The van der Waals surface area contributed by atoms with Crippen molar-refractivity contribution < 1.29 is 9.53 Å². The molecule has 134 valence electrons. The molecule has 7 heteroatoms. The summed E-state index contributed by atoms with van der Waals surface area (Å²) in [7, 11) is 0. The third-order valence-electron chi connectivity index (χ3n) is 4.18. The van der Waals surface area contributed by atoms with E-state index in [2.05, 4.69) is 20.1 Å². The van der Waals surface area contributed by atoms with Crippen molar-refractivity contribution in [3.63, 3.8) is 0 Å². The number of carbonyl (C=O) groups excluding carboxylic acids is 1. The molecule has 0 N–H and O–H groups in total. The lowest BCUT2D eigenvalue weighted by Gasteiger charge is -2.08. The van der Waals surface area contributed by atoms with Crippen molar-refractivity contribution in [3.8, 4) is 0 Å². The van der Waals surface area contributed by atoms with Crippen LogP contribution in [0.15, 0.2) is 61.2 Å². The largest absolute Gasteiger partial charge is 0.456 e. The molecule has 0 radical (unpaired) electrons. The van der Waals surface area contributed by atoms with E-state index in [0.717, 1.165) is 22.3 Å². The quantitative estimate of drug-likeness (QED) is 0.510. The molecule has 7 nitrogen and oxygen atoms in total. The zero-order valence-corrected chi connectivity index (χ0v) is 14.7. The molecular weight excluding hydrogens is 342 g/mol. The molecule has 0 amide bonds. The maximum atomic E-state index is 12.3. The van der Waals surface area contributed by atoms with Crippen molar-refractivity contribution in [2.24, 2.45) is 0 Å². The Hall–Kier alpha value is -3.61. The first kappa shape index (κ1) is 16.8. The molecule has 0 saturated heterocycles. The Bertz CT molecular complexity index is 1080. The van der Waals surface area contributed by atoms with Gasteiger partial charge in [-0.05, 0) is 36.8 Å². The highest BCUT2D eigenvalue weighted by molar-refractivity contribution is 5.89. The summed E-state index contributed by atoms with van der Waals surface area (Å²) in [4.78, 5) is 25.3. The lowest BCUT2D eigenvalue weighted by Crippen LogP contribution is -2.08. The standard InChI is InChI=1S/C20H17N5O2/c1-14-19(24-18-5-3-2-4-17(18)23-14)11-27-20(26)16-8-6-15(7-9-16)10-25-13-21-12-22-25/h2-9,12-13H,10-11H2,1H3. The molecule has 4 rings (SSSR count). The van der Waals surface area contributed by atoms with Crippen LogP contribution in [0, 0.1) is 6.92 Å². The average molecular weight is 359 g/mol. The zero-order valence-electron chi connectivity index (χ0n) is 14.7. The number of fused-ring (bicyclic) bond motifs is 1. The van der Waals surface area contributed by atoms with Gasteiger partial charge in [-0.25, -0.2) is 24.4 Å². The first-order valence-corrected chi connectivity index (χ1v) is 8.50. The van der Waals surface area contributed by atoms with E-state index in [1.807, 2.05) is 43.3 Å². The van der Waals surface area contributed by atoms with Gasteiger partial charge in [0, 0.05) is 0 Å². The van der Waals surface area contributed by atoms with Crippen LogP contribution < -0.4 is 0 Å². The van der Waals surface area contributed by atoms with Crippen molar-refractivity contribution in [1.29, 1.82) is 0 Å². The maximum Gasteiger partial charge on any atom is 0.338 e. The van der Waals surface area contributed by atoms with Crippen LogP contribution >= 0.6 is 0 Å². The maximum absolute atomic E-state index is 12.3. The minimum absolute atomic E-state index is 0.0865. The molecular formula is C20H17N5O2. The predicted molar refractivity (Wildman–Crippen MR) is 99.0 cm³/mol. The molecule has 0 bridgehead atoms. The Morgan fingerprint density at radius 2 is 1.78 bits per heavy atom. The van der Waals surface area contributed by atoms with Gasteiger partial charge in [-0.3, -0.25) is 0 Å². The number of aryl methyl sites for hydroxylation is 1. The second-order valence-electron chi connectivity index (χ2n) is 6.11. The fraction of sp³-hybridized carbons (Fsp3) is 0.150. The molecule has 0 saturated carbocycles. The Labute approximate surface area is 155 Å². The topological polar surface area (TPSA) is 82.8 Å². The van der Waals surface area contributed by atoms with Crippen LogP contribution in [-0.4, -0.2) is 30.7 Å². The second-order valence-corrected chi connectivity index (χ2v) is 6.11. The molecule has 0 aliphatic heterocycles. The van der Waals surface area contributed by atoms with Gasteiger partial charge < -0.3 is 4.74 Å². The van der Waals surface area contributed by atoms with Gasteiger partial charge >= 0.3 is 5.97 Å². The minimum Gasteiger partial charge on any atom is -0.456 e. The van der Waals surface area contributed by atoms with Gasteiger partial charge in [-0.2, -0.15) is 5.10 Å². The van der Waals surface area contributed by atoms with E-state index < -0.39 is 5.97 Å². The van der Waals surface area contributed by atoms with Gasteiger partial charge in [-0.15, -0.1) is 0 Å². The van der Waals surface area contributed by atoms with Gasteiger partial charge in [-0.1, -0.05) is 24.3 Å². The van der Waals surface area contributed by atoms with Gasteiger partial charge in [0.15, 0.2) is 0 Å². The van der Waals surface area contributed by atoms with E-state index in [9.17, 15) is 4.79 Å². The smallest absolute Gasteiger partial charge is 0.338 e. The Kier molecular flexibility index (Phi) is 4.57. The molecule has 27 heavy (non-hydrogen) atoms. The number of carbonyl (C=O) groups is 1. The summed E-state index contributed by atoms with van der Waals surface area (Å²) < 4.78 is 7.14. The number of hydrogen-bond donors (Lipinski definition) is 0. The van der Waals surface area contributed by atoms with Crippen LogP contribution in [-0.2, 0) is 17.9 Å². The van der Waals surface area contributed by atoms with Gasteiger partial charge in [0.05, 0.1) is 34.5 Å². The normalized spacial score (nSPS) is 10.9. The number of benzene rings is 2. The van der Waals surface area contributed by atoms with Crippen LogP contribution in [0.1, 0.15) is 27.3 Å². The number of para-hydroxylation sites is 2. The van der Waals surface area contributed by atoms with Gasteiger partial charge in [0.25, 0.3) is 0 Å². The van der Waals surface area contributed by atoms with E-state index in [4.69, 9.17) is 4.74 Å². The third-order valence-corrected chi connectivity index (χ3v) is 4.18. The Morgan fingerprint density at radius 3 is 2.48 bits per heavy atom. The molecule has 2 aromatic heterocycles. The summed E-state index contributed by atoms with van der Waals surface area (Å²) in [6.07, 6.45) is 3.14. The fourth-order valence-corrected chi connectivity index (χ4v) is 2.73. The van der Waals surface area contributed by atoms with Crippen molar-refractivity contribution in [1.82, 2.24) is 24.7 Å². The van der Waals surface area contributed by atoms with Crippen LogP contribution in [0.2, 0.25) is 0 Å². The number of hydrogen-bond acceptors (Lipinski definition) is 6. The van der Waals surface area contributed by atoms with Crippen molar-refractivity contribution in [2.75, 3.05) is 0 Å². The minimum atomic E-state index is -0.392. The van der Waals surface area contributed by atoms with Crippen molar-refractivity contribution in [3.05, 3.63) is 83.7 Å². The van der Waals surface area contributed by atoms with E-state index >= 15 is 0 Å². The SMILES string of the molecule is Cc1nc2ccccc2nc1COC(=O)c1ccc(Cn2cncn2)cc1. The summed E-state index contributed by atoms with van der Waals surface area (Å²) in [6.45, 7) is 2.55. The highest BCUT2D eigenvalue weighted by atomic mass is 16.5. The summed E-state index contributed by atoms with van der Waals surface area (Å²) >= 11 is 0. The molecule has 0 fully saturated rings. The summed E-state index contributed by atoms with van der Waals surface area (Å²) in [6, 6.07) is 14.9. The molecule has 0 atom stereocenters. The molecule has 2 aromatic carbocycles. The van der Waals surface area contributed by atoms with E-state index in [-0.39, 0.29) is 6.61 Å². The summed E-state index contributed by atoms with van der Waals surface area (Å²) in [5, 5.41) is 4.06. The molecule has 0 spiro atoms. The molecule has 4 aromatic rings. The first-order valence-electron chi connectivity index (χ1n) is 8.50. The third kappa shape index (κ3) is 3.82. The molecule has 0 unspecified atom stereocenters. The van der Waals surface area contributed by atoms with Crippen LogP contribution in [0.4, 0.5) is 0 Å². The van der Waals surface area contributed by atoms with Gasteiger partial charge in [0.2, 0.25) is 0 Å². The molecule has 0 aliphatic carbocycles.